The predicted octanol–water partition coefficient (Wildman–Crippen LogP) is 2.50. The Kier molecular flexibility index (Phi) is 4.64. The van der Waals surface area contributed by atoms with Crippen LogP contribution in [-0.2, 0) is 4.79 Å². The Labute approximate surface area is 93.0 Å². The first-order valence-electron chi connectivity index (χ1n) is 4.95. The maximum absolute atomic E-state index is 13.1. The molecule has 1 aromatic carbocycles. The van der Waals surface area contributed by atoms with Crippen molar-refractivity contribution in [3.63, 3.8) is 0 Å². The smallest absolute Gasteiger partial charge is 0.216 e. The highest BCUT2D eigenvalue weighted by atomic mass is 19.1. The first-order valence-corrected chi connectivity index (χ1v) is 4.95. The van der Waals surface area contributed by atoms with Gasteiger partial charge in [-0.15, -0.1) is 0 Å². The number of halogens is 2. The quantitative estimate of drug-likeness (QED) is 0.784. The van der Waals surface area contributed by atoms with Gasteiger partial charge in [-0.2, -0.15) is 0 Å². The molecule has 0 bridgehead atoms. The van der Waals surface area contributed by atoms with Gasteiger partial charge in [0.2, 0.25) is 5.91 Å². The van der Waals surface area contributed by atoms with Crippen LogP contribution in [0.4, 0.5) is 8.78 Å². The van der Waals surface area contributed by atoms with Crippen LogP contribution in [0.25, 0.3) is 6.08 Å². The van der Waals surface area contributed by atoms with Gasteiger partial charge in [-0.05, 0) is 24.6 Å². The van der Waals surface area contributed by atoms with Gasteiger partial charge in [-0.1, -0.05) is 12.2 Å². The molecule has 4 heteroatoms. The minimum Gasteiger partial charge on any atom is -0.356 e. The summed E-state index contributed by atoms with van der Waals surface area (Å²) in [6.45, 7) is 1.92. The molecule has 16 heavy (non-hydrogen) atoms. The zero-order chi connectivity index (χ0) is 12.0. The minimum absolute atomic E-state index is 0.106. The summed E-state index contributed by atoms with van der Waals surface area (Å²) < 4.78 is 25.9. The molecule has 1 amide bonds. The molecule has 86 valence electrons. The highest BCUT2D eigenvalue weighted by Crippen LogP contribution is 2.11. The third-order valence-corrected chi connectivity index (χ3v) is 1.94. The maximum atomic E-state index is 13.1. The molecule has 2 nitrogen and oxygen atoms in total. The van der Waals surface area contributed by atoms with Crippen molar-refractivity contribution in [2.45, 2.75) is 13.3 Å². The first kappa shape index (κ1) is 12.4. The van der Waals surface area contributed by atoms with E-state index >= 15 is 0 Å². The topological polar surface area (TPSA) is 29.1 Å². The number of rotatable bonds is 4. The number of hydrogen-bond donors (Lipinski definition) is 1. The van der Waals surface area contributed by atoms with Gasteiger partial charge < -0.3 is 5.32 Å². The van der Waals surface area contributed by atoms with E-state index in [1.54, 1.807) is 6.08 Å². The molecule has 0 aliphatic carbocycles. The Morgan fingerprint density at radius 2 is 2.19 bits per heavy atom. The zero-order valence-corrected chi connectivity index (χ0v) is 8.97. The van der Waals surface area contributed by atoms with E-state index in [1.807, 2.05) is 0 Å². The van der Waals surface area contributed by atoms with Gasteiger partial charge in [-0.3, -0.25) is 4.79 Å². The molecule has 0 fully saturated rings. The van der Waals surface area contributed by atoms with Gasteiger partial charge in [-0.25, -0.2) is 8.78 Å². The number of nitrogens with one attached hydrogen (secondary N) is 1. The lowest BCUT2D eigenvalue weighted by Gasteiger charge is -1.98. The highest BCUT2D eigenvalue weighted by Gasteiger charge is 1.99. The predicted molar refractivity (Wildman–Crippen MR) is 58.7 cm³/mol. The van der Waals surface area contributed by atoms with E-state index in [2.05, 4.69) is 5.32 Å². The molecule has 0 heterocycles. The average Bonchev–Trinajstić information content (AvgIpc) is 2.22. The molecule has 1 rings (SSSR count). The van der Waals surface area contributed by atoms with E-state index in [0.29, 0.717) is 13.0 Å². The Bertz CT molecular complexity index is 402. The number of carbonyl (C=O) groups excluding carboxylic acids is 1. The molecule has 0 unspecified atom stereocenters. The van der Waals surface area contributed by atoms with Crippen molar-refractivity contribution >= 4 is 12.0 Å². The normalized spacial score (nSPS) is 10.7. The molecule has 1 aromatic rings. The lowest BCUT2D eigenvalue weighted by atomic mass is 10.2. The van der Waals surface area contributed by atoms with Crippen LogP contribution in [0.5, 0.6) is 0 Å². The molecular formula is C12H13F2NO. The highest BCUT2D eigenvalue weighted by molar-refractivity contribution is 5.72. The van der Waals surface area contributed by atoms with Gasteiger partial charge in [0.05, 0.1) is 0 Å². The van der Waals surface area contributed by atoms with Crippen molar-refractivity contribution in [3.8, 4) is 0 Å². The van der Waals surface area contributed by atoms with Crippen LogP contribution in [-0.4, -0.2) is 12.5 Å². The largest absolute Gasteiger partial charge is 0.356 e. The SMILES string of the molecule is CC(=O)NCCC=Cc1cc(F)ccc1F. The van der Waals surface area contributed by atoms with Gasteiger partial charge >= 0.3 is 0 Å². The molecule has 0 saturated heterocycles. The van der Waals surface area contributed by atoms with Crippen LogP contribution >= 0.6 is 0 Å². The Balaban J connectivity index is 2.49. The second kappa shape index (κ2) is 6.00. The standard InChI is InChI=1S/C12H13F2NO/c1-9(16)15-7-3-2-4-10-8-11(13)5-6-12(10)14/h2,4-6,8H,3,7H2,1H3,(H,15,16). The van der Waals surface area contributed by atoms with Gasteiger partial charge in [0.25, 0.3) is 0 Å². The molecule has 0 aliphatic heterocycles. The van der Waals surface area contributed by atoms with Crippen LogP contribution in [0.15, 0.2) is 24.3 Å². The molecule has 0 atom stereocenters. The Morgan fingerprint density at radius 1 is 1.44 bits per heavy atom. The third kappa shape index (κ3) is 4.21. The lowest BCUT2D eigenvalue weighted by Crippen LogP contribution is -2.20. The van der Waals surface area contributed by atoms with E-state index in [0.717, 1.165) is 18.2 Å². The fourth-order valence-corrected chi connectivity index (χ4v) is 1.18. The summed E-state index contributed by atoms with van der Waals surface area (Å²) in [5.41, 5.74) is 0.211. The van der Waals surface area contributed by atoms with Gasteiger partial charge in [0.1, 0.15) is 11.6 Å². The Morgan fingerprint density at radius 3 is 2.88 bits per heavy atom. The van der Waals surface area contributed by atoms with Gasteiger partial charge in [0.15, 0.2) is 0 Å². The molecular weight excluding hydrogens is 212 g/mol. The first-order chi connectivity index (χ1) is 7.59. The van der Waals surface area contributed by atoms with Crippen molar-refractivity contribution in [2.24, 2.45) is 0 Å². The van der Waals surface area contributed by atoms with E-state index < -0.39 is 11.6 Å². The third-order valence-electron chi connectivity index (χ3n) is 1.94. The average molecular weight is 225 g/mol. The van der Waals surface area contributed by atoms with Crippen LogP contribution in [0, 0.1) is 11.6 Å². The van der Waals surface area contributed by atoms with Crippen molar-refractivity contribution < 1.29 is 13.6 Å². The summed E-state index contributed by atoms with van der Waals surface area (Å²) >= 11 is 0. The number of hydrogen-bond acceptors (Lipinski definition) is 1. The summed E-state index contributed by atoms with van der Waals surface area (Å²) in [6, 6.07) is 3.29. The molecule has 1 N–H and O–H groups in total. The maximum Gasteiger partial charge on any atom is 0.216 e. The molecule has 0 saturated carbocycles. The van der Waals surface area contributed by atoms with Crippen molar-refractivity contribution in [2.75, 3.05) is 6.54 Å². The van der Waals surface area contributed by atoms with Crippen molar-refractivity contribution in [1.29, 1.82) is 0 Å². The summed E-state index contributed by atoms with van der Waals surface area (Å²) in [4.78, 5) is 10.5. The molecule has 0 aromatic heterocycles. The zero-order valence-electron chi connectivity index (χ0n) is 8.97. The van der Waals surface area contributed by atoms with Crippen LogP contribution < -0.4 is 5.32 Å². The fraction of sp³-hybridized carbons (Fsp3) is 0.250. The second-order valence-corrected chi connectivity index (χ2v) is 3.34. The fourth-order valence-electron chi connectivity index (χ4n) is 1.18. The van der Waals surface area contributed by atoms with Crippen LogP contribution in [0.3, 0.4) is 0 Å². The second-order valence-electron chi connectivity index (χ2n) is 3.34. The molecule has 0 spiro atoms. The van der Waals surface area contributed by atoms with Crippen molar-refractivity contribution in [3.05, 3.63) is 41.5 Å². The monoisotopic (exact) mass is 225 g/mol. The summed E-state index contributed by atoms with van der Waals surface area (Å²) in [6.07, 6.45) is 3.77. The van der Waals surface area contributed by atoms with Crippen LogP contribution in [0.2, 0.25) is 0 Å². The number of amides is 1. The minimum atomic E-state index is -0.470. The molecule has 0 aliphatic rings. The van der Waals surface area contributed by atoms with Crippen molar-refractivity contribution in [1.82, 2.24) is 5.32 Å². The van der Waals surface area contributed by atoms with Gasteiger partial charge in [0, 0.05) is 19.0 Å². The summed E-state index contributed by atoms with van der Waals surface area (Å²) in [5, 5.41) is 2.60. The van der Waals surface area contributed by atoms with E-state index in [9.17, 15) is 13.6 Å². The van der Waals surface area contributed by atoms with E-state index in [-0.39, 0.29) is 11.5 Å². The van der Waals surface area contributed by atoms with E-state index in [4.69, 9.17) is 0 Å². The number of benzene rings is 1. The Hall–Kier alpha value is -1.71. The molecule has 0 radical (unpaired) electrons. The number of carbonyl (C=O) groups is 1. The summed E-state index contributed by atoms with van der Waals surface area (Å²) in [5.74, 6) is -1.04. The summed E-state index contributed by atoms with van der Waals surface area (Å²) in [7, 11) is 0. The van der Waals surface area contributed by atoms with E-state index in [1.165, 1.54) is 13.0 Å². The van der Waals surface area contributed by atoms with Crippen LogP contribution in [0.1, 0.15) is 18.9 Å². The lowest BCUT2D eigenvalue weighted by molar-refractivity contribution is -0.118.